The molecule has 7 atom stereocenters. The maximum absolute atomic E-state index is 13.4. The minimum atomic E-state index is -1.52. The van der Waals surface area contributed by atoms with Crippen molar-refractivity contribution in [3.63, 3.8) is 0 Å². The van der Waals surface area contributed by atoms with Crippen LogP contribution in [0.15, 0.2) is 48.6 Å². The van der Waals surface area contributed by atoms with Gasteiger partial charge in [-0.15, -0.1) is 0 Å². The number of halogens is 1. The average molecular weight is 638 g/mol. The molecule has 1 amide bonds. The normalized spacial score (nSPS) is 32.2. The number of rotatable bonds is 1. The minimum Gasteiger partial charge on any atom is -0.490 e. The number of aliphatic hydroxyl groups is 1. The number of aliphatic hydroxyl groups excluding tert-OH is 1. The summed E-state index contributed by atoms with van der Waals surface area (Å²) in [7, 11) is -0.524. The highest BCUT2D eigenvalue weighted by Crippen LogP contribution is 2.48. The fourth-order valence-electron chi connectivity index (χ4n) is 7.50. The predicted molar refractivity (Wildman–Crippen MR) is 176 cm³/mol. The van der Waals surface area contributed by atoms with E-state index in [4.69, 9.17) is 21.4 Å². The van der Waals surface area contributed by atoms with E-state index < -0.39 is 11.0 Å². The number of nitriles is 1. The van der Waals surface area contributed by atoms with Crippen LogP contribution in [0.1, 0.15) is 73.9 Å². The molecule has 0 aromatic heterocycles. The van der Waals surface area contributed by atoms with Gasteiger partial charge in [-0.1, -0.05) is 36.7 Å². The Morgan fingerprint density at radius 1 is 1.20 bits per heavy atom. The average Bonchev–Trinajstić information content (AvgIpc) is 3.16. The molecule has 1 spiro atoms. The highest BCUT2D eigenvalue weighted by atomic mass is 35.5. The highest BCUT2D eigenvalue weighted by molar-refractivity contribution is 7.84. The number of ether oxygens (including phenoxy) is 1. The van der Waals surface area contributed by atoms with Crippen LogP contribution in [0.25, 0.3) is 0 Å². The van der Waals surface area contributed by atoms with Gasteiger partial charge in [0.25, 0.3) is 5.91 Å². The quantitative estimate of drug-likeness (QED) is 0.353. The Labute approximate surface area is 269 Å². The van der Waals surface area contributed by atoms with Gasteiger partial charge in [-0.3, -0.25) is 9.52 Å². The van der Waals surface area contributed by atoms with E-state index in [9.17, 15) is 14.3 Å². The van der Waals surface area contributed by atoms with Crippen molar-refractivity contribution >= 4 is 34.2 Å². The van der Waals surface area contributed by atoms with Crippen molar-refractivity contribution in [3.05, 3.63) is 70.3 Å². The zero-order valence-electron chi connectivity index (χ0n) is 25.9. The van der Waals surface area contributed by atoms with E-state index in [-0.39, 0.29) is 28.4 Å². The number of aryl methyl sites for hydroxylation is 1. The molecule has 2 aliphatic heterocycles. The number of hydrogen-bond donors (Lipinski definition) is 2. The molecule has 236 valence electrons. The van der Waals surface area contributed by atoms with Crippen molar-refractivity contribution in [2.45, 2.75) is 69.5 Å². The van der Waals surface area contributed by atoms with Crippen LogP contribution in [0.2, 0.25) is 5.02 Å². The smallest absolute Gasteiger partial charge is 0.263 e. The van der Waals surface area contributed by atoms with Crippen LogP contribution in [0.4, 0.5) is 5.69 Å². The van der Waals surface area contributed by atoms with Crippen molar-refractivity contribution in [2.75, 3.05) is 31.7 Å². The van der Waals surface area contributed by atoms with Gasteiger partial charge in [0.2, 0.25) is 0 Å². The van der Waals surface area contributed by atoms with Gasteiger partial charge in [0, 0.05) is 42.6 Å². The maximum atomic E-state index is 13.4. The lowest BCUT2D eigenvalue weighted by molar-refractivity contribution is 0.0982. The summed E-state index contributed by atoms with van der Waals surface area (Å²) in [5.74, 6) is 1.65. The molecule has 2 heterocycles. The number of benzene rings is 2. The SMILES string of the molecule is CC1C/C=C/C(CC#N)C2CCC2CN2C[C@@]3(CCCc4cc(Cl)ccc43)COc3ccc(cc32)C(=O)NS(=O)C1C.CO. The summed E-state index contributed by atoms with van der Waals surface area (Å²) in [5, 5.41) is 17.2. The molecule has 44 heavy (non-hydrogen) atoms. The molecule has 1 fully saturated rings. The van der Waals surface area contributed by atoms with E-state index in [1.165, 1.54) is 11.1 Å². The van der Waals surface area contributed by atoms with Crippen LogP contribution in [0.5, 0.6) is 5.75 Å². The molecule has 6 rings (SSSR count). The molecular formula is C35H44ClN3O4S. The van der Waals surface area contributed by atoms with Crippen LogP contribution in [-0.4, -0.2) is 47.3 Å². The Hall–Kier alpha value is -2.86. The van der Waals surface area contributed by atoms with Crippen LogP contribution in [0, 0.1) is 35.0 Å². The second kappa shape index (κ2) is 14.1. The van der Waals surface area contributed by atoms with Crippen molar-refractivity contribution in [1.82, 2.24) is 4.72 Å². The van der Waals surface area contributed by atoms with Gasteiger partial charge >= 0.3 is 0 Å². The number of carbonyl (C=O) groups excluding carboxylic acids is 1. The van der Waals surface area contributed by atoms with Gasteiger partial charge in [-0.2, -0.15) is 5.26 Å². The van der Waals surface area contributed by atoms with Crippen LogP contribution in [0.3, 0.4) is 0 Å². The number of nitrogens with zero attached hydrogens (tertiary/aromatic N) is 2. The fraction of sp³-hybridized carbons (Fsp3) is 0.543. The first-order chi connectivity index (χ1) is 21.3. The van der Waals surface area contributed by atoms with Gasteiger partial charge in [0.05, 0.1) is 23.6 Å². The minimum absolute atomic E-state index is 0.121. The summed E-state index contributed by atoms with van der Waals surface area (Å²) in [4.78, 5) is 15.8. The van der Waals surface area contributed by atoms with Crippen molar-refractivity contribution in [1.29, 1.82) is 5.26 Å². The highest BCUT2D eigenvalue weighted by Gasteiger charge is 2.44. The summed E-state index contributed by atoms with van der Waals surface area (Å²) in [5.41, 5.74) is 3.81. The second-order valence-electron chi connectivity index (χ2n) is 12.9. The van der Waals surface area contributed by atoms with E-state index in [1.807, 2.05) is 25.1 Å². The third kappa shape index (κ3) is 6.56. The van der Waals surface area contributed by atoms with Crippen molar-refractivity contribution < 1.29 is 18.8 Å². The summed E-state index contributed by atoms with van der Waals surface area (Å²) >= 11 is 6.42. The Bertz CT molecular complexity index is 1460. The van der Waals surface area contributed by atoms with Crippen LogP contribution in [-0.2, 0) is 22.8 Å². The lowest BCUT2D eigenvalue weighted by Crippen LogP contribution is -2.49. The molecule has 2 aromatic carbocycles. The largest absolute Gasteiger partial charge is 0.490 e. The molecule has 1 saturated carbocycles. The van der Waals surface area contributed by atoms with Crippen molar-refractivity contribution in [2.24, 2.45) is 23.7 Å². The van der Waals surface area contributed by atoms with E-state index >= 15 is 0 Å². The standard InChI is InChI=1S/C34H40ClN3O3S.CH4O/c1-22-5-3-6-24(14-16-36)29-11-8-27(29)19-38-20-34(15-4-7-25-17-28(35)10-12-30(25)34)21-41-32-13-9-26(18-31(32)38)33(39)37-42(40)23(22)2;1-2/h3,6,9-10,12-13,17-18,22-24,27,29H,4-5,7-8,11,14-15,19-21H2,1-2H3,(H,37,39);2H,1H3/b6-3+;/t22?,23?,24?,27?,29?,34-,42?;/m0./s1. The monoisotopic (exact) mass is 637 g/mol. The molecule has 9 heteroatoms. The molecule has 6 unspecified atom stereocenters. The first-order valence-corrected chi connectivity index (χ1v) is 17.4. The Morgan fingerprint density at radius 2 is 2.02 bits per heavy atom. The molecule has 0 saturated heterocycles. The summed E-state index contributed by atoms with van der Waals surface area (Å²) in [6, 6.07) is 14.3. The maximum Gasteiger partial charge on any atom is 0.263 e. The van der Waals surface area contributed by atoms with E-state index in [2.05, 4.69) is 46.9 Å². The fourth-order valence-corrected chi connectivity index (χ4v) is 8.72. The third-order valence-electron chi connectivity index (χ3n) is 10.3. The second-order valence-corrected chi connectivity index (χ2v) is 14.9. The number of anilines is 1. The first kappa shape index (κ1) is 32.5. The zero-order chi connectivity index (χ0) is 31.4. The molecule has 0 radical (unpaired) electrons. The number of carbonyl (C=O) groups is 1. The van der Waals surface area contributed by atoms with E-state index in [0.29, 0.717) is 30.4 Å². The first-order valence-electron chi connectivity index (χ1n) is 15.8. The molecule has 7 nitrogen and oxygen atoms in total. The zero-order valence-corrected chi connectivity index (χ0v) is 27.5. The number of amides is 1. The van der Waals surface area contributed by atoms with Gasteiger partial charge in [0.15, 0.2) is 0 Å². The summed E-state index contributed by atoms with van der Waals surface area (Å²) in [6.07, 6.45) is 11.0. The number of nitrogens with one attached hydrogen (secondary N) is 1. The molecule has 2 aromatic rings. The lowest BCUT2D eigenvalue weighted by atomic mass is 9.65. The molecule has 2 bridgehead atoms. The third-order valence-corrected chi connectivity index (χ3v) is 12.1. The van der Waals surface area contributed by atoms with Gasteiger partial charge in [-0.05, 0) is 111 Å². The molecule has 4 aliphatic rings. The van der Waals surface area contributed by atoms with Gasteiger partial charge in [0.1, 0.15) is 16.7 Å². The van der Waals surface area contributed by atoms with Crippen LogP contribution >= 0.6 is 11.6 Å². The van der Waals surface area contributed by atoms with Gasteiger partial charge < -0.3 is 14.7 Å². The predicted octanol–water partition coefficient (Wildman–Crippen LogP) is 6.36. The van der Waals surface area contributed by atoms with Gasteiger partial charge in [-0.25, -0.2) is 4.21 Å². The summed E-state index contributed by atoms with van der Waals surface area (Å²) in [6.45, 7) is 6.17. The lowest BCUT2D eigenvalue weighted by Gasteiger charge is -2.46. The van der Waals surface area contributed by atoms with E-state index in [0.717, 1.165) is 75.2 Å². The van der Waals surface area contributed by atoms with Crippen LogP contribution < -0.4 is 14.4 Å². The number of allylic oxidation sites excluding steroid dienone is 2. The number of fused-ring (bicyclic) bond motifs is 4. The Morgan fingerprint density at radius 3 is 2.77 bits per heavy atom. The summed E-state index contributed by atoms with van der Waals surface area (Å²) < 4.78 is 22.5. The Kier molecular flexibility index (Phi) is 10.4. The number of hydrogen-bond acceptors (Lipinski definition) is 6. The van der Waals surface area contributed by atoms with Crippen molar-refractivity contribution in [3.8, 4) is 11.8 Å². The van der Waals surface area contributed by atoms with E-state index in [1.54, 1.807) is 6.07 Å². The Balaban J connectivity index is 0.00000188. The topological polar surface area (TPSA) is 103 Å². The molecule has 2 aliphatic carbocycles. The molecule has 2 N–H and O–H groups in total. The molecular weight excluding hydrogens is 594 g/mol.